The number of esters is 2. The Kier molecular flexibility index (Phi) is 37.5. The molecule has 0 bridgehead atoms. The van der Waals surface area contributed by atoms with Crippen molar-refractivity contribution in [3.63, 3.8) is 0 Å². The van der Waals surface area contributed by atoms with Crippen molar-refractivity contribution >= 4 is 11.9 Å². The molecule has 6 nitrogen and oxygen atoms in total. The Labute approximate surface area is 295 Å². The van der Waals surface area contributed by atoms with Crippen molar-refractivity contribution in [3.05, 3.63) is 48.6 Å². The first-order valence-electron chi connectivity index (χ1n) is 19.8. The number of aliphatic hydroxyl groups excluding tert-OH is 2. The molecule has 6 heteroatoms. The molecular formula is C42H74O6. The minimum atomic E-state index is -0.991. The number of carbonyl (C=O) groups excluding carboxylic acids is 2. The Balaban J connectivity index is 3.52. The van der Waals surface area contributed by atoms with Gasteiger partial charge in [-0.3, -0.25) is 9.59 Å². The Morgan fingerprint density at radius 1 is 0.479 bits per heavy atom. The summed E-state index contributed by atoms with van der Waals surface area (Å²) in [5.74, 6) is -0.640. The van der Waals surface area contributed by atoms with Gasteiger partial charge < -0.3 is 19.7 Å². The molecule has 0 aliphatic carbocycles. The second-order valence-corrected chi connectivity index (χ2v) is 13.1. The predicted molar refractivity (Wildman–Crippen MR) is 202 cm³/mol. The fourth-order valence-corrected chi connectivity index (χ4v) is 5.35. The van der Waals surface area contributed by atoms with Crippen LogP contribution in [0.2, 0.25) is 0 Å². The third-order valence-electron chi connectivity index (χ3n) is 8.37. The van der Waals surface area contributed by atoms with Gasteiger partial charge in [-0.2, -0.15) is 0 Å². The molecule has 0 amide bonds. The summed E-state index contributed by atoms with van der Waals surface area (Å²) in [5, 5.41) is 18.8. The zero-order valence-electron chi connectivity index (χ0n) is 30.9. The van der Waals surface area contributed by atoms with E-state index in [0.29, 0.717) is 25.9 Å². The van der Waals surface area contributed by atoms with Crippen LogP contribution in [0.4, 0.5) is 0 Å². The molecule has 0 aliphatic rings. The molecular weight excluding hydrogens is 600 g/mol. The molecule has 1 atom stereocenters. The fourth-order valence-electron chi connectivity index (χ4n) is 5.35. The molecule has 0 saturated carbocycles. The van der Waals surface area contributed by atoms with Crippen LogP contribution < -0.4 is 0 Å². The number of ether oxygens (including phenoxy) is 2. The van der Waals surface area contributed by atoms with Crippen LogP contribution in [0.5, 0.6) is 0 Å². The SMILES string of the molecule is CCCCCCCCCCCCCCCCCCC(=O)OC[C@H](O)COC(=O)CCC/C=C\C/C=C\C/C=C\C/C=C\CCCCCO. The van der Waals surface area contributed by atoms with Crippen LogP contribution in [0.25, 0.3) is 0 Å². The van der Waals surface area contributed by atoms with Crippen LogP contribution in [0.1, 0.15) is 180 Å². The van der Waals surface area contributed by atoms with E-state index in [4.69, 9.17) is 14.6 Å². The zero-order chi connectivity index (χ0) is 35.0. The monoisotopic (exact) mass is 675 g/mol. The molecule has 0 aliphatic heterocycles. The molecule has 0 unspecified atom stereocenters. The molecule has 2 N–H and O–H groups in total. The number of rotatable bonds is 36. The molecule has 0 fully saturated rings. The van der Waals surface area contributed by atoms with E-state index >= 15 is 0 Å². The molecule has 0 aromatic heterocycles. The number of hydrogen-bond donors (Lipinski definition) is 2. The van der Waals surface area contributed by atoms with Crippen molar-refractivity contribution in [1.82, 2.24) is 0 Å². The summed E-state index contributed by atoms with van der Waals surface area (Å²) in [6.45, 7) is 2.27. The number of carbonyl (C=O) groups is 2. The lowest BCUT2D eigenvalue weighted by atomic mass is 10.0. The minimum absolute atomic E-state index is 0.138. The average Bonchev–Trinajstić information content (AvgIpc) is 3.09. The first-order valence-corrected chi connectivity index (χ1v) is 19.8. The van der Waals surface area contributed by atoms with Crippen LogP contribution in [-0.4, -0.2) is 48.1 Å². The van der Waals surface area contributed by atoms with E-state index in [0.717, 1.165) is 70.6 Å². The second kappa shape index (κ2) is 39.3. The molecule has 0 spiro atoms. The molecule has 0 radical (unpaired) electrons. The van der Waals surface area contributed by atoms with Crippen molar-refractivity contribution in [2.75, 3.05) is 19.8 Å². The van der Waals surface area contributed by atoms with E-state index in [1.54, 1.807) is 0 Å². The summed E-state index contributed by atoms with van der Waals surface area (Å²) >= 11 is 0. The van der Waals surface area contributed by atoms with Crippen LogP contribution in [0.15, 0.2) is 48.6 Å². The highest BCUT2D eigenvalue weighted by Crippen LogP contribution is 2.14. The average molecular weight is 675 g/mol. The van der Waals surface area contributed by atoms with Gasteiger partial charge in [0, 0.05) is 19.4 Å². The summed E-state index contributed by atoms with van der Waals surface area (Å²) in [6.07, 6.45) is 46.1. The number of allylic oxidation sites excluding steroid dienone is 8. The van der Waals surface area contributed by atoms with Crippen LogP contribution in [0, 0.1) is 0 Å². The highest BCUT2D eigenvalue weighted by Gasteiger charge is 2.12. The van der Waals surface area contributed by atoms with E-state index < -0.39 is 6.10 Å². The summed E-state index contributed by atoms with van der Waals surface area (Å²) in [7, 11) is 0. The van der Waals surface area contributed by atoms with E-state index in [1.807, 2.05) is 0 Å². The van der Waals surface area contributed by atoms with Crippen LogP contribution in [-0.2, 0) is 19.1 Å². The maximum Gasteiger partial charge on any atom is 0.305 e. The quantitative estimate of drug-likeness (QED) is 0.0390. The van der Waals surface area contributed by atoms with Gasteiger partial charge in [0.15, 0.2) is 0 Å². The molecule has 278 valence electrons. The van der Waals surface area contributed by atoms with Crippen molar-refractivity contribution in [1.29, 1.82) is 0 Å². The molecule has 0 heterocycles. The Bertz CT molecular complexity index is 815. The Morgan fingerprint density at radius 2 is 0.833 bits per heavy atom. The summed E-state index contributed by atoms with van der Waals surface area (Å²) in [5.41, 5.74) is 0. The summed E-state index contributed by atoms with van der Waals surface area (Å²) in [4.78, 5) is 23.9. The first kappa shape index (κ1) is 45.8. The molecule has 0 rings (SSSR count). The number of unbranched alkanes of at least 4 members (excludes halogenated alkanes) is 19. The van der Waals surface area contributed by atoms with E-state index in [1.165, 1.54) is 83.5 Å². The van der Waals surface area contributed by atoms with Crippen molar-refractivity contribution < 1.29 is 29.3 Å². The van der Waals surface area contributed by atoms with Gasteiger partial charge in [-0.1, -0.05) is 158 Å². The lowest BCUT2D eigenvalue weighted by molar-refractivity contribution is -0.152. The maximum absolute atomic E-state index is 12.0. The van der Waals surface area contributed by atoms with Gasteiger partial charge in [0.25, 0.3) is 0 Å². The first-order chi connectivity index (χ1) is 23.6. The highest BCUT2D eigenvalue weighted by molar-refractivity contribution is 5.69. The van der Waals surface area contributed by atoms with E-state index in [9.17, 15) is 14.7 Å². The third-order valence-corrected chi connectivity index (χ3v) is 8.37. The number of hydrogen-bond acceptors (Lipinski definition) is 6. The van der Waals surface area contributed by atoms with Gasteiger partial charge in [-0.05, 0) is 57.8 Å². The Morgan fingerprint density at radius 3 is 1.27 bits per heavy atom. The lowest BCUT2D eigenvalue weighted by Crippen LogP contribution is -2.25. The maximum atomic E-state index is 12.0. The van der Waals surface area contributed by atoms with Crippen LogP contribution in [0.3, 0.4) is 0 Å². The van der Waals surface area contributed by atoms with Crippen LogP contribution >= 0.6 is 0 Å². The minimum Gasteiger partial charge on any atom is -0.463 e. The van der Waals surface area contributed by atoms with Gasteiger partial charge >= 0.3 is 11.9 Å². The molecule has 0 aromatic carbocycles. The largest absolute Gasteiger partial charge is 0.463 e. The van der Waals surface area contributed by atoms with E-state index in [2.05, 4.69) is 55.5 Å². The fraction of sp³-hybridized carbons (Fsp3) is 0.762. The third kappa shape index (κ3) is 38.3. The molecule has 48 heavy (non-hydrogen) atoms. The predicted octanol–water partition coefficient (Wildman–Crippen LogP) is 11.2. The second-order valence-electron chi connectivity index (χ2n) is 13.1. The standard InChI is InChI=1S/C42H74O6/c1-2-3-4-5-6-7-8-9-10-14-17-20-23-26-29-32-35-41(45)47-38-40(44)39-48-42(46)36-33-30-27-24-21-18-15-12-11-13-16-19-22-25-28-31-34-37-43/h11,13,15,18-19,22,24,27,40,43-44H,2-10,12,14,16-17,20-21,23,25-26,28-39H2,1H3/b13-11-,18-15-,22-19-,27-24-/t40-/m0/s1. The van der Waals surface area contributed by atoms with E-state index in [-0.39, 0.29) is 25.2 Å². The highest BCUT2D eigenvalue weighted by atomic mass is 16.6. The normalized spacial score (nSPS) is 12.6. The smallest absolute Gasteiger partial charge is 0.305 e. The Hall–Kier alpha value is -2.18. The molecule has 0 saturated heterocycles. The lowest BCUT2D eigenvalue weighted by Gasteiger charge is -2.12. The topological polar surface area (TPSA) is 93.1 Å². The molecule has 0 aromatic rings. The van der Waals surface area contributed by atoms with Crippen molar-refractivity contribution in [2.24, 2.45) is 0 Å². The van der Waals surface area contributed by atoms with Crippen molar-refractivity contribution in [3.8, 4) is 0 Å². The van der Waals surface area contributed by atoms with Gasteiger partial charge in [0.1, 0.15) is 19.3 Å². The van der Waals surface area contributed by atoms with Gasteiger partial charge in [-0.15, -0.1) is 0 Å². The zero-order valence-corrected chi connectivity index (χ0v) is 30.9. The van der Waals surface area contributed by atoms with Gasteiger partial charge in [0.2, 0.25) is 0 Å². The van der Waals surface area contributed by atoms with Gasteiger partial charge in [0.05, 0.1) is 0 Å². The number of aliphatic hydroxyl groups is 2. The summed E-state index contributed by atoms with van der Waals surface area (Å²) in [6, 6.07) is 0. The van der Waals surface area contributed by atoms with Crippen molar-refractivity contribution in [2.45, 2.75) is 186 Å². The summed E-state index contributed by atoms with van der Waals surface area (Å²) < 4.78 is 10.3. The van der Waals surface area contributed by atoms with Gasteiger partial charge in [-0.25, -0.2) is 0 Å².